The molecule has 0 aliphatic carbocycles. The van der Waals surface area contributed by atoms with Crippen LogP contribution in [0.2, 0.25) is 0 Å². The monoisotopic (exact) mass is 498 g/mol. The van der Waals surface area contributed by atoms with E-state index in [9.17, 15) is 14.2 Å². The Morgan fingerprint density at radius 3 is 1.57 bits per heavy atom. The van der Waals surface area contributed by atoms with Gasteiger partial charge in [0.25, 0.3) is 7.14 Å². The summed E-state index contributed by atoms with van der Waals surface area (Å²) in [5, 5.41) is -0.133. The van der Waals surface area contributed by atoms with Crippen molar-refractivity contribution in [3.63, 3.8) is 0 Å². The second kappa shape index (κ2) is 10.7. The lowest BCUT2D eigenvalue weighted by atomic mass is 10.2. The van der Waals surface area contributed by atoms with Crippen molar-refractivity contribution in [1.29, 1.82) is 0 Å². The molecule has 1 unspecified atom stereocenters. The zero-order valence-electron chi connectivity index (χ0n) is 20.4. The minimum Gasteiger partial charge on any atom is -0.496 e. The zero-order chi connectivity index (χ0) is 25.8. The quantitative estimate of drug-likeness (QED) is 0.371. The number of ether oxygens (including phenoxy) is 5. The molecule has 3 aromatic carbocycles. The molecule has 184 valence electrons. The summed E-state index contributed by atoms with van der Waals surface area (Å²) >= 11 is 0. The van der Waals surface area contributed by atoms with Crippen molar-refractivity contribution in [3.05, 3.63) is 71.3 Å². The number of hydrogen-bond acceptors (Lipinski definition) is 8. The lowest BCUT2D eigenvalue weighted by molar-refractivity contribution is 0.103. The lowest BCUT2D eigenvalue weighted by Gasteiger charge is -2.23. The highest BCUT2D eigenvalue weighted by Crippen LogP contribution is 2.57. The third-order valence-electron chi connectivity index (χ3n) is 5.46. The van der Waals surface area contributed by atoms with E-state index in [0.717, 1.165) is 5.56 Å². The van der Waals surface area contributed by atoms with Gasteiger partial charge in [-0.05, 0) is 24.6 Å². The molecule has 1 atom stereocenters. The van der Waals surface area contributed by atoms with Crippen LogP contribution >= 0.6 is 7.14 Å². The highest BCUT2D eigenvalue weighted by Gasteiger charge is 2.49. The number of methoxy groups -OCH3 is 5. The number of rotatable bonds is 10. The highest BCUT2D eigenvalue weighted by atomic mass is 31.2. The van der Waals surface area contributed by atoms with E-state index in [4.69, 9.17) is 23.7 Å². The molecule has 0 aliphatic heterocycles. The summed E-state index contributed by atoms with van der Waals surface area (Å²) in [5.74, 6) is 0.614. The highest BCUT2D eigenvalue weighted by molar-refractivity contribution is 8.01. The van der Waals surface area contributed by atoms with Gasteiger partial charge < -0.3 is 28.2 Å². The average molecular weight is 498 g/mol. The first-order valence-corrected chi connectivity index (χ1v) is 12.3. The Bertz CT molecular complexity index is 1250. The Morgan fingerprint density at radius 2 is 1.14 bits per heavy atom. The van der Waals surface area contributed by atoms with Gasteiger partial charge in [0.1, 0.15) is 39.6 Å². The fraction of sp³-hybridized carbons (Fsp3) is 0.231. The molecule has 8 nitrogen and oxygen atoms in total. The van der Waals surface area contributed by atoms with Crippen molar-refractivity contribution in [2.75, 3.05) is 35.5 Å². The summed E-state index contributed by atoms with van der Waals surface area (Å²) in [6.45, 7) is 1.79. The van der Waals surface area contributed by atoms with Crippen LogP contribution < -0.4 is 29.0 Å². The SMILES string of the molecule is COc1cc(OC)c(C(=O)P(=O)(C(=O)c2ccccc2)c2c(OC)cc(C)cc2OC)c(OC)c1. The van der Waals surface area contributed by atoms with Gasteiger partial charge in [-0.3, -0.25) is 9.59 Å². The molecule has 0 amide bonds. The van der Waals surface area contributed by atoms with Gasteiger partial charge in [-0.25, -0.2) is 0 Å². The topological polar surface area (TPSA) is 97.4 Å². The third kappa shape index (κ3) is 4.62. The van der Waals surface area contributed by atoms with Crippen LogP contribution in [0.4, 0.5) is 0 Å². The van der Waals surface area contributed by atoms with Gasteiger partial charge in [-0.2, -0.15) is 0 Å². The molecule has 35 heavy (non-hydrogen) atoms. The van der Waals surface area contributed by atoms with Crippen molar-refractivity contribution >= 4 is 23.5 Å². The first-order valence-electron chi connectivity index (χ1n) is 10.5. The van der Waals surface area contributed by atoms with Crippen LogP contribution in [-0.2, 0) is 4.57 Å². The van der Waals surface area contributed by atoms with Crippen molar-refractivity contribution in [2.45, 2.75) is 6.92 Å². The van der Waals surface area contributed by atoms with E-state index in [-0.39, 0.29) is 39.4 Å². The number of benzene rings is 3. The van der Waals surface area contributed by atoms with Gasteiger partial charge in [0, 0.05) is 17.7 Å². The molecule has 0 fully saturated rings. The number of carbonyl (C=O) groups is 2. The zero-order valence-corrected chi connectivity index (χ0v) is 21.3. The largest absolute Gasteiger partial charge is 0.496 e. The summed E-state index contributed by atoms with van der Waals surface area (Å²) in [7, 11) is 2.22. The maximum Gasteiger partial charge on any atom is 0.256 e. The minimum atomic E-state index is -4.66. The average Bonchev–Trinajstić information content (AvgIpc) is 2.90. The predicted octanol–water partition coefficient (Wildman–Crippen LogP) is 4.71. The van der Waals surface area contributed by atoms with E-state index in [2.05, 4.69) is 0 Å². The Labute approximate surface area is 204 Å². The van der Waals surface area contributed by atoms with Crippen LogP contribution in [0.1, 0.15) is 26.3 Å². The van der Waals surface area contributed by atoms with Crippen LogP contribution in [-0.4, -0.2) is 46.6 Å². The third-order valence-corrected chi connectivity index (χ3v) is 8.16. The van der Waals surface area contributed by atoms with Gasteiger partial charge in [-0.1, -0.05) is 30.3 Å². The second-order valence-corrected chi connectivity index (χ2v) is 9.99. The van der Waals surface area contributed by atoms with Crippen molar-refractivity contribution in [1.82, 2.24) is 0 Å². The van der Waals surface area contributed by atoms with E-state index >= 15 is 0 Å². The van der Waals surface area contributed by atoms with Crippen LogP contribution in [0, 0.1) is 6.92 Å². The predicted molar refractivity (Wildman–Crippen MR) is 133 cm³/mol. The Kier molecular flexibility index (Phi) is 7.87. The second-order valence-electron chi connectivity index (χ2n) is 7.51. The summed E-state index contributed by atoms with van der Waals surface area (Å²) in [5.41, 5.74) is -1.19. The minimum absolute atomic E-state index is 0.0392. The fourth-order valence-electron chi connectivity index (χ4n) is 3.77. The Hall–Kier alpha value is -3.77. The molecule has 0 aromatic heterocycles. The molecule has 0 radical (unpaired) electrons. The molecule has 0 bridgehead atoms. The molecular formula is C26H27O8P. The van der Waals surface area contributed by atoms with Gasteiger partial charge in [0.2, 0.25) is 11.0 Å². The van der Waals surface area contributed by atoms with E-state index in [1.54, 1.807) is 37.3 Å². The lowest BCUT2D eigenvalue weighted by Crippen LogP contribution is -2.24. The summed E-state index contributed by atoms with van der Waals surface area (Å²) < 4.78 is 42.1. The first-order chi connectivity index (χ1) is 16.8. The van der Waals surface area contributed by atoms with E-state index in [1.807, 2.05) is 0 Å². The van der Waals surface area contributed by atoms with Gasteiger partial charge in [0.05, 0.1) is 35.5 Å². The molecule has 3 rings (SSSR count). The molecular weight excluding hydrogens is 471 g/mol. The molecule has 0 saturated carbocycles. The van der Waals surface area contributed by atoms with Crippen LogP contribution in [0.15, 0.2) is 54.6 Å². The maximum atomic E-state index is 15.0. The maximum absolute atomic E-state index is 15.0. The van der Waals surface area contributed by atoms with Crippen LogP contribution in [0.5, 0.6) is 28.7 Å². The molecule has 0 spiro atoms. The molecule has 0 heterocycles. The molecule has 9 heteroatoms. The molecule has 3 aromatic rings. The van der Waals surface area contributed by atoms with Crippen LogP contribution in [0.25, 0.3) is 0 Å². The smallest absolute Gasteiger partial charge is 0.256 e. The number of aryl methyl sites for hydroxylation is 1. The molecule has 0 N–H and O–H groups in total. The molecule has 0 aliphatic rings. The summed E-state index contributed by atoms with van der Waals surface area (Å²) in [4.78, 5) is 28.2. The summed E-state index contributed by atoms with van der Waals surface area (Å²) in [6.07, 6.45) is 0. The fourth-order valence-corrected chi connectivity index (χ4v) is 6.34. The van der Waals surface area contributed by atoms with E-state index in [0.29, 0.717) is 5.75 Å². The Morgan fingerprint density at radius 1 is 0.657 bits per heavy atom. The van der Waals surface area contributed by atoms with Crippen molar-refractivity contribution < 1.29 is 37.8 Å². The van der Waals surface area contributed by atoms with Gasteiger partial charge in [-0.15, -0.1) is 0 Å². The molecule has 0 saturated heterocycles. The van der Waals surface area contributed by atoms with Gasteiger partial charge in [0.15, 0.2) is 0 Å². The van der Waals surface area contributed by atoms with Crippen molar-refractivity contribution in [3.8, 4) is 28.7 Å². The van der Waals surface area contributed by atoms with Gasteiger partial charge >= 0.3 is 0 Å². The first kappa shape index (κ1) is 25.8. The normalized spacial score (nSPS) is 12.3. The van der Waals surface area contributed by atoms with Crippen LogP contribution in [0.3, 0.4) is 0 Å². The van der Waals surface area contributed by atoms with E-state index < -0.39 is 18.2 Å². The Balaban J connectivity index is 2.44. The summed E-state index contributed by atoms with van der Waals surface area (Å²) in [6, 6.07) is 14.1. The standard InChI is InChI=1S/C26H27O8P/c1-16-12-21(33-5)24(22(13-16)34-6)35(29,25(27)17-10-8-7-9-11-17)26(28)23-19(31-3)14-18(30-2)15-20(23)32-4/h7-15H,1-6H3. The number of carbonyl (C=O) groups excluding carboxylic acids is 2. The van der Waals surface area contributed by atoms with Crippen molar-refractivity contribution in [2.24, 2.45) is 0 Å². The number of hydrogen-bond donors (Lipinski definition) is 0. The van der Waals surface area contributed by atoms with E-state index in [1.165, 1.54) is 59.8 Å².